The number of rotatable bonds is 5. The zero-order valence-electron chi connectivity index (χ0n) is 13.0. The molecule has 0 amide bonds. The lowest BCUT2D eigenvalue weighted by atomic mass is 10.1. The molecule has 0 radical (unpaired) electrons. The van der Waals surface area contributed by atoms with Crippen molar-refractivity contribution in [1.82, 2.24) is 19.5 Å². The largest absolute Gasteiger partial charge is 0.465 e. The van der Waals surface area contributed by atoms with Gasteiger partial charge in [-0.05, 0) is 6.92 Å². The van der Waals surface area contributed by atoms with E-state index in [1.54, 1.807) is 31.2 Å². The number of hydrogen-bond donors (Lipinski definition) is 1. The van der Waals surface area contributed by atoms with Gasteiger partial charge >= 0.3 is 5.97 Å². The summed E-state index contributed by atoms with van der Waals surface area (Å²) in [5.41, 5.74) is 6.91. The molecule has 2 N–H and O–H groups in total. The Labute approximate surface area is 137 Å². The number of benzene rings is 1. The zero-order valence-corrected chi connectivity index (χ0v) is 13.0. The van der Waals surface area contributed by atoms with Crippen molar-refractivity contribution in [2.75, 3.05) is 12.3 Å². The SMILES string of the molecule is CCOC(=O)Cn1cnc2c(C(=O)c3ccccc3)nc(N)nc21. The summed E-state index contributed by atoms with van der Waals surface area (Å²) < 4.78 is 6.39. The van der Waals surface area contributed by atoms with Crippen LogP contribution in [0.15, 0.2) is 36.7 Å². The second-order valence-electron chi connectivity index (χ2n) is 4.98. The Hall–Kier alpha value is -3.29. The fraction of sp³-hybridized carbons (Fsp3) is 0.188. The highest BCUT2D eigenvalue weighted by Gasteiger charge is 2.20. The number of ketones is 1. The lowest BCUT2D eigenvalue weighted by molar-refractivity contribution is -0.143. The second-order valence-corrected chi connectivity index (χ2v) is 4.98. The Morgan fingerprint density at radius 2 is 1.96 bits per heavy atom. The summed E-state index contributed by atoms with van der Waals surface area (Å²) in [4.78, 5) is 36.6. The molecule has 0 aliphatic carbocycles. The van der Waals surface area contributed by atoms with Crippen molar-refractivity contribution in [1.29, 1.82) is 0 Å². The van der Waals surface area contributed by atoms with Crippen LogP contribution in [0.3, 0.4) is 0 Å². The van der Waals surface area contributed by atoms with E-state index in [1.807, 2.05) is 6.07 Å². The van der Waals surface area contributed by atoms with Gasteiger partial charge in [-0.2, -0.15) is 4.98 Å². The maximum absolute atomic E-state index is 12.7. The summed E-state index contributed by atoms with van der Waals surface area (Å²) in [5.74, 6) is -0.798. The number of carbonyl (C=O) groups excluding carboxylic acids is 2. The van der Waals surface area contributed by atoms with E-state index >= 15 is 0 Å². The summed E-state index contributed by atoms with van der Waals surface area (Å²) in [6.07, 6.45) is 1.41. The van der Waals surface area contributed by atoms with E-state index in [9.17, 15) is 9.59 Å². The Morgan fingerprint density at radius 1 is 1.21 bits per heavy atom. The zero-order chi connectivity index (χ0) is 17.1. The van der Waals surface area contributed by atoms with Crippen LogP contribution in [0.25, 0.3) is 11.2 Å². The molecule has 3 rings (SSSR count). The lowest BCUT2D eigenvalue weighted by Gasteiger charge is -2.05. The second kappa shape index (κ2) is 6.45. The van der Waals surface area contributed by atoms with Crippen LogP contribution in [-0.4, -0.2) is 37.9 Å². The first kappa shape index (κ1) is 15.6. The maximum Gasteiger partial charge on any atom is 0.326 e. The Kier molecular flexibility index (Phi) is 4.19. The van der Waals surface area contributed by atoms with E-state index in [0.29, 0.717) is 16.7 Å². The number of hydrogen-bond acceptors (Lipinski definition) is 7. The molecular weight excluding hydrogens is 310 g/mol. The number of nitrogens with two attached hydrogens (primary N) is 1. The minimum Gasteiger partial charge on any atom is -0.465 e. The van der Waals surface area contributed by atoms with Crippen LogP contribution in [0.2, 0.25) is 0 Å². The van der Waals surface area contributed by atoms with Gasteiger partial charge in [0.2, 0.25) is 11.7 Å². The van der Waals surface area contributed by atoms with Gasteiger partial charge in [0.25, 0.3) is 0 Å². The molecule has 0 aliphatic rings. The molecule has 3 aromatic rings. The molecule has 8 nitrogen and oxygen atoms in total. The third-order valence-corrected chi connectivity index (χ3v) is 3.34. The van der Waals surface area contributed by atoms with Gasteiger partial charge in [-0.3, -0.25) is 9.59 Å². The summed E-state index contributed by atoms with van der Waals surface area (Å²) in [6, 6.07) is 8.70. The van der Waals surface area contributed by atoms with Crippen LogP contribution in [0, 0.1) is 0 Å². The minimum absolute atomic E-state index is 0.0626. The van der Waals surface area contributed by atoms with Crippen LogP contribution in [-0.2, 0) is 16.1 Å². The summed E-state index contributed by atoms with van der Waals surface area (Å²) in [5, 5.41) is 0. The van der Waals surface area contributed by atoms with Crippen LogP contribution < -0.4 is 5.73 Å². The number of fused-ring (bicyclic) bond motifs is 1. The van der Waals surface area contributed by atoms with E-state index in [0.717, 1.165) is 0 Å². The highest BCUT2D eigenvalue weighted by molar-refractivity contribution is 6.13. The van der Waals surface area contributed by atoms with Crippen LogP contribution in [0.5, 0.6) is 0 Å². The molecule has 0 spiro atoms. The quantitative estimate of drug-likeness (QED) is 0.554. The van der Waals surface area contributed by atoms with Gasteiger partial charge in [0.05, 0.1) is 12.9 Å². The minimum atomic E-state index is -0.426. The number of imidazole rings is 1. The third-order valence-electron chi connectivity index (χ3n) is 3.34. The Bertz CT molecular complexity index is 905. The fourth-order valence-electron chi connectivity index (χ4n) is 2.31. The highest BCUT2D eigenvalue weighted by Crippen LogP contribution is 2.19. The highest BCUT2D eigenvalue weighted by atomic mass is 16.5. The van der Waals surface area contributed by atoms with Gasteiger partial charge in [0.15, 0.2) is 5.65 Å². The predicted octanol–water partition coefficient (Wildman–Crippen LogP) is 1.20. The van der Waals surface area contributed by atoms with Gasteiger partial charge in [-0.25, -0.2) is 9.97 Å². The van der Waals surface area contributed by atoms with Crippen LogP contribution >= 0.6 is 0 Å². The number of carbonyl (C=O) groups is 2. The molecule has 0 atom stereocenters. The van der Waals surface area contributed by atoms with Crippen molar-refractivity contribution in [2.24, 2.45) is 0 Å². The average molecular weight is 325 g/mol. The Morgan fingerprint density at radius 3 is 2.67 bits per heavy atom. The molecule has 2 heterocycles. The number of esters is 1. The molecule has 0 unspecified atom stereocenters. The first-order chi connectivity index (χ1) is 11.6. The van der Waals surface area contributed by atoms with E-state index in [1.165, 1.54) is 10.9 Å². The van der Waals surface area contributed by atoms with Crippen molar-refractivity contribution >= 4 is 28.9 Å². The fourth-order valence-corrected chi connectivity index (χ4v) is 2.31. The molecule has 0 saturated carbocycles. The summed E-state index contributed by atoms with van der Waals surface area (Å²) in [7, 11) is 0. The van der Waals surface area contributed by atoms with Crippen LogP contribution in [0.1, 0.15) is 23.0 Å². The van der Waals surface area contributed by atoms with Crippen molar-refractivity contribution in [3.8, 4) is 0 Å². The number of nitrogens with zero attached hydrogens (tertiary/aromatic N) is 4. The van der Waals surface area contributed by atoms with Crippen molar-refractivity contribution < 1.29 is 14.3 Å². The number of nitrogen functional groups attached to an aromatic ring is 1. The van der Waals surface area contributed by atoms with E-state index in [-0.39, 0.29) is 30.6 Å². The molecule has 0 fully saturated rings. The van der Waals surface area contributed by atoms with E-state index < -0.39 is 5.97 Å². The van der Waals surface area contributed by atoms with Gasteiger partial charge in [-0.15, -0.1) is 0 Å². The normalized spacial score (nSPS) is 10.7. The molecule has 2 aromatic heterocycles. The summed E-state index contributed by atoms with van der Waals surface area (Å²) >= 11 is 0. The van der Waals surface area contributed by atoms with Crippen molar-refractivity contribution in [3.05, 3.63) is 47.9 Å². The molecule has 1 aromatic carbocycles. The number of ether oxygens (including phenoxy) is 1. The summed E-state index contributed by atoms with van der Waals surface area (Å²) in [6.45, 7) is 1.93. The lowest BCUT2D eigenvalue weighted by Crippen LogP contribution is -2.14. The van der Waals surface area contributed by atoms with E-state index in [4.69, 9.17) is 10.5 Å². The van der Waals surface area contributed by atoms with Crippen molar-refractivity contribution in [2.45, 2.75) is 13.5 Å². The Balaban J connectivity index is 2.05. The van der Waals surface area contributed by atoms with Crippen molar-refractivity contribution in [3.63, 3.8) is 0 Å². The molecule has 24 heavy (non-hydrogen) atoms. The van der Waals surface area contributed by atoms with E-state index in [2.05, 4.69) is 15.0 Å². The first-order valence-electron chi connectivity index (χ1n) is 7.34. The molecule has 122 valence electrons. The van der Waals surface area contributed by atoms with Gasteiger partial charge in [0.1, 0.15) is 17.8 Å². The third kappa shape index (κ3) is 2.94. The topological polar surface area (TPSA) is 113 Å². The van der Waals surface area contributed by atoms with Gasteiger partial charge < -0.3 is 15.0 Å². The maximum atomic E-state index is 12.7. The molecule has 0 aliphatic heterocycles. The van der Waals surface area contributed by atoms with Gasteiger partial charge in [0, 0.05) is 5.56 Å². The molecule has 0 saturated heterocycles. The smallest absolute Gasteiger partial charge is 0.326 e. The number of anilines is 1. The standard InChI is InChI=1S/C16H15N5O3/c1-2-24-11(22)8-21-9-18-13-12(19-16(17)20-15(13)21)14(23)10-6-4-3-5-7-10/h3-7,9H,2,8H2,1H3,(H2,17,19,20). The predicted molar refractivity (Wildman–Crippen MR) is 86.2 cm³/mol. The van der Waals surface area contributed by atoms with Crippen LogP contribution in [0.4, 0.5) is 5.95 Å². The molecular formula is C16H15N5O3. The number of aromatic nitrogens is 4. The average Bonchev–Trinajstić information content (AvgIpc) is 2.97. The monoisotopic (exact) mass is 325 g/mol. The first-order valence-corrected chi connectivity index (χ1v) is 7.34. The molecule has 0 bridgehead atoms. The molecule has 8 heteroatoms. The van der Waals surface area contributed by atoms with Gasteiger partial charge in [-0.1, -0.05) is 30.3 Å².